The second-order valence-electron chi connectivity index (χ2n) is 10.2. The van der Waals surface area contributed by atoms with Crippen LogP contribution in [0.1, 0.15) is 46.7 Å². The minimum Gasteiger partial charge on any atom is -0.299 e. The highest BCUT2D eigenvalue weighted by Gasteiger charge is 2.59. The molecule has 2 aromatic carbocycles. The van der Waals surface area contributed by atoms with Crippen LogP contribution in [0.5, 0.6) is 0 Å². The Morgan fingerprint density at radius 3 is 2.30 bits per heavy atom. The van der Waals surface area contributed by atoms with Crippen molar-refractivity contribution in [3.63, 3.8) is 0 Å². The summed E-state index contributed by atoms with van der Waals surface area (Å²) in [6.45, 7) is 4.82. The van der Waals surface area contributed by atoms with E-state index in [0.29, 0.717) is 37.1 Å². The number of alkyl halides is 3. The first-order chi connectivity index (χ1) is 15.5. The molecule has 0 aromatic heterocycles. The third kappa shape index (κ3) is 4.00. The molecule has 4 nitrogen and oxygen atoms in total. The summed E-state index contributed by atoms with van der Waals surface area (Å²) in [5, 5.41) is -0.298. The van der Waals surface area contributed by atoms with Gasteiger partial charge in [-0.05, 0) is 72.8 Å². The van der Waals surface area contributed by atoms with Gasteiger partial charge in [0.1, 0.15) is 12.6 Å². The molecule has 1 aliphatic carbocycles. The van der Waals surface area contributed by atoms with Gasteiger partial charge in [-0.25, -0.2) is 3.89 Å². The molecule has 33 heavy (non-hydrogen) atoms. The van der Waals surface area contributed by atoms with Gasteiger partial charge in [0.15, 0.2) is 5.25 Å². The lowest BCUT2D eigenvalue weighted by atomic mass is 9.97. The Hall–Kier alpha value is -1.90. The number of fused-ring (bicyclic) bond motifs is 1. The standard InChI is InChI=1S/C25H30F3N2O2S/c1-17-16-30(2,33(17,31)32)24-13-21-5-4-18(10-22(21)14-24)8-19-9-20(15-29-6-3-7-29)12-23(11-19)25(26,27)28/h4-5,9-12,17,24H,3,6-8,13-16H2,1-2H3/q+1/t17?,24-,30?/m0/s1. The third-order valence-electron chi connectivity index (χ3n) is 7.81. The van der Waals surface area contributed by atoms with Crippen LogP contribution in [0.4, 0.5) is 13.2 Å². The van der Waals surface area contributed by atoms with Crippen LogP contribution >= 0.6 is 0 Å². The van der Waals surface area contributed by atoms with E-state index in [0.717, 1.165) is 42.6 Å². The number of halogens is 3. The van der Waals surface area contributed by atoms with E-state index in [1.54, 1.807) is 6.92 Å². The second kappa shape index (κ2) is 7.82. The largest absolute Gasteiger partial charge is 0.416 e. The van der Waals surface area contributed by atoms with Crippen molar-refractivity contribution in [2.45, 2.75) is 56.6 Å². The average molecular weight is 480 g/mol. The maximum absolute atomic E-state index is 13.5. The summed E-state index contributed by atoms with van der Waals surface area (Å²) in [4.78, 5) is 2.16. The van der Waals surface area contributed by atoms with Crippen LogP contribution in [0.2, 0.25) is 0 Å². The number of quaternary nitrogens is 1. The summed E-state index contributed by atoms with van der Waals surface area (Å²) >= 11 is 0. The number of rotatable bonds is 5. The molecule has 3 atom stereocenters. The summed E-state index contributed by atoms with van der Waals surface area (Å²) < 4.78 is 65.9. The SMILES string of the molecule is CC1C[N+](C)([C@H]2Cc3ccc(Cc4cc(CN5CCC5)cc(C(F)(F)F)c4)cc3C2)S1(=O)=O. The number of benzene rings is 2. The number of likely N-dealkylation sites (tertiary alicyclic amines) is 1. The molecule has 2 aromatic rings. The van der Waals surface area contributed by atoms with E-state index in [9.17, 15) is 21.6 Å². The molecule has 5 rings (SSSR count). The number of nitrogens with zero attached hydrogens (tertiary/aromatic N) is 2. The minimum atomic E-state index is -4.37. The van der Waals surface area contributed by atoms with Crippen LogP contribution in [0.25, 0.3) is 0 Å². The Labute approximate surface area is 193 Å². The molecule has 2 unspecified atom stereocenters. The molecule has 2 fully saturated rings. The molecular formula is C25H30F3N2O2S+. The van der Waals surface area contributed by atoms with Crippen LogP contribution in [-0.4, -0.2) is 55.2 Å². The van der Waals surface area contributed by atoms with Gasteiger partial charge in [-0.15, -0.1) is 0 Å². The predicted octanol–water partition coefficient (Wildman–Crippen LogP) is 4.15. The number of likely N-dealkylation sites (N-methyl/N-ethyl adjacent to an activating group) is 1. The lowest BCUT2D eigenvalue weighted by molar-refractivity contribution is -0.830. The van der Waals surface area contributed by atoms with Gasteiger partial charge in [-0.3, -0.25) is 4.90 Å². The fraction of sp³-hybridized carbons (Fsp3) is 0.520. The first-order valence-electron chi connectivity index (χ1n) is 11.6. The van der Waals surface area contributed by atoms with Gasteiger partial charge in [-0.2, -0.15) is 21.6 Å². The van der Waals surface area contributed by atoms with Crippen molar-refractivity contribution in [3.8, 4) is 0 Å². The van der Waals surface area contributed by atoms with Crippen molar-refractivity contribution in [2.75, 3.05) is 26.7 Å². The first-order valence-corrected chi connectivity index (χ1v) is 13.1. The number of hydrogen-bond donors (Lipinski definition) is 0. The van der Waals surface area contributed by atoms with Crippen LogP contribution in [-0.2, 0) is 42.0 Å². The molecule has 0 amide bonds. The zero-order chi connectivity index (χ0) is 23.6. The minimum absolute atomic E-state index is 0.00753. The number of hydrogen-bond acceptors (Lipinski definition) is 3. The van der Waals surface area contributed by atoms with Crippen molar-refractivity contribution in [1.82, 2.24) is 4.90 Å². The van der Waals surface area contributed by atoms with Crippen LogP contribution in [0.15, 0.2) is 36.4 Å². The van der Waals surface area contributed by atoms with E-state index in [1.807, 2.05) is 25.2 Å². The molecule has 0 radical (unpaired) electrons. The Kier molecular flexibility index (Phi) is 5.42. The smallest absolute Gasteiger partial charge is 0.299 e. The molecule has 0 saturated carbocycles. The maximum Gasteiger partial charge on any atom is 0.416 e. The Morgan fingerprint density at radius 2 is 1.70 bits per heavy atom. The highest BCUT2D eigenvalue weighted by atomic mass is 32.2. The van der Waals surface area contributed by atoms with Crippen molar-refractivity contribution in [3.05, 3.63) is 69.8 Å². The topological polar surface area (TPSA) is 37.4 Å². The van der Waals surface area contributed by atoms with Crippen molar-refractivity contribution >= 4 is 10.0 Å². The van der Waals surface area contributed by atoms with Crippen LogP contribution in [0.3, 0.4) is 0 Å². The first kappa shape index (κ1) is 22.9. The van der Waals surface area contributed by atoms with E-state index in [2.05, 4.69) is 11.0 Å². The van der Waals surface area contributed by atoms with Gasteiger partial charge in [0.25, 0.3) is 0 Å². The normalized spacial score (nSPS) is 28.8. The fourth-order valence-corrected chi connectivity index (χ4v) is 7.75. The van der Waals surface area contributed by atoms with Gasteiger partial charge in [-0.1, -0.05) is 24.3 Å². The fourth-order valence-electron chi connectivity index (χ4n) is 5.69. The second-order valence-corrected chi connectivity index (χ2v) is 12.9. The lowest BCUT2D eigenvalue weighted by Crippen LogP contribution is -2.71. The van der Waals surface area contributed by atoms with Crippen LogP contribution < -0.4 is 0 Å². The highest BCUT2D eigenvalue weighted by molar-refractivity contribution is 7.87. The summed E-state index contributed by atoms with van der Waals surface area (Å²) in [6, 6.07) is 10.5. The zero-order valence-electron chi connectivity index (χ0n) is 19.0. The molecule has 0 bridgehead atoms. The summed E-state index contributed by atoms with van der Waals surface area (Å²) in [7, 11) is -1.35. The maximum atomic E-state index is 13.5. The molecule has 0 spiro atoms. The van der Waals surface area contributed by atoms with E-state index in [4.69, 9.17) is 0 Å². The molecule has 178 valence electrons. The highest BCUT2D eigenvalue weighted by Crippen LogP contribution is 2.40. The van der Waals surface area contributed by atoms with Crippen LogP contribution in [0, 0.1) is 0 Å². The van der Waals surface area contributed by atoms with Crippen molar-refractivity contribution < 1.29 is 25.5 Å². The Bertz CT molecular complexity index is 1190. The zero-order valence-corrected chi connectivity index (χ0v) is 19.8. The third-order valence-corrected chi connectivity index (χ3v) is 10.6. The van der Waals surface area contributed by atoms with E-state index >= 15 is 0 Å². The van der Waals surface area contributed by atoms with E-state index < -0.39 is 21.8 Å². The summed E-state index contributed by atoms with van der Waals surface area (Å²) in [5.41, 5.74) is 4.01. The van der Waals surface area contributed by atoms with E-state index in [1.165, 1.54) is 12.1 Å². The van der Waals surface area contributed by atoms with Gasteiger partial charge in [0, 0.05) is 19.4 Å². The van der Waals surface area contributed by atoms with E-state index in [-0.39, 0.29) is 15.2 Å². The van der Waals surface area contributed by atoms with Gasteiger partial charge < -0.3 is 0 Å². The molecule has 8 heteroatoms. The monoisotopic (exact) mass is 479 g/mol. The predicted molar refractivity (Wildman–Crippen MR) is 121 cm³/mol. The molecule has 2 saturated heterocycles. The molecular weight excluding hydrogens is 449 g/mol. The van der Waals surface area contributed by atoms with Crippen molar-refractivity contribution in [1.29, 1.82) is 0 Å². The molecule has 2 heterocycles. The lowest BCUT2D eigenvalue weighted by Gasteiger charge is -2.48. The Morgan fingerprint density at radius 1 is 1.00 bits per heavy atom. The molecule has 0 N–H and O–H groups in total. The van der Waals surface area contributed by atoms with Gasteiger partial charge in [0.2, 0.25) is 0 Å². The van der Waals surface area contributed by atoms with Gasteiger partial charge >= 0.3 is 16.2 Å². The average Bonchev–Trinajstić information content (AvgIpc) is 3.14. The Balaban J connectivity index is 1.37. The number of sulfonamides is 1. The quantitative estimate of drug-likeness (QED) is 0.605. The summed E-state index contributed by atoms with van der Waals surface area (Å²) in [6.07, 6.45) is -1.43. The summed E-state index contributed by atoms with van der Waals surface area (Å²) in [5.74, 6) is 0. The molecule has 2 aliphatic heterocycles. The molecule has 3 aliphatic rings. The van der Waals surface area contributed by atoms with Gasteiger partial charge in [0.05, 0.1) is 12.6 Å². The van der Waals surface area contributed by atoms with Crippen molar-refractivity contribution in [2.24, 2.45) is 0 Å².